The number of carbonyl (C=O) groups excluding carboxylic acids is 1. The summed E-state index contributed by atoms with van der Waals surface area (Å²) in [5.74, 6) is 0.119. The molecule has 0 aliphatic heterocycles. The van der Waals surface area contributed by atoms with Crippen LogP contribution < -0.4 is 5.73 Å². The van der Waals surface area contributed by atoms with Gasteiger partial charge >= 0.3 is 0 Å². The smallest absolute Gasteiger partial charge is 0.169 e. The van der Waals surface area contributed by atoms with E-state index in [-0.39, 0.29) is 5.92 Å². The number of aldehydes is 1. The molecular weight excluding hydrogens is 254 g/mol. The average Bonchev–Trinajstić information content (AvgIpc) is 2.54. The van der Waals surface area contributed by atoms with E-state index < -0.39 is 11.8 Å². The van der Waals surface area contributed by atoms with Gasteiger partial charge in [0.15, 0.2) is 5.72 Å². The topological polar surface area (TPSA) is 72.5 Å². The Morgan fingerprint density at radius 2 is 2.00 bits per heavy atom. The third-order valence-corrected chi connectivity index (χ3v) is 4.38. The zero-order valence-corrected chi connectivity index (χ0v) is 11.9. The zero-order valence-electron chi connectivity index (χ0n) is 11.9. The first-order chi connectivity index (χ1) is 9.63. The van der Waals surface area contributed by atoms with Gasteiger partial charge in [-0.3, -0.25) is 10.5 Å². The Labute approximate surface area is 119 Å². The molecule has 1 aliphatic carbocycles. The normalized spacial score (nSPS) is 21.1. The maximum atomic E-state index is 11.2. The summed E-state index contributed by atoms with van der Waals surface area (Å²) in [7, 11) is 1.48. The summed E-state index contributed by atoms with van der Waals surface area (Å²) in [5.41, 5.74) is 6.02. The summed E-state index contributed by atoms with van der Waals surface area (Å²) >= 11 is 0. The lowest BCUT2D eigenvalue weighted by molar-refractivity contribution is -0.132. The third kappa shape index (κ3) is 2.77. The molecule has 4 nitrogen and oxygen atoms in total. The van der Waals surface area contributed by atoms with Crippen molar-refractivity contribution in [3.63, 3.8) is 0 Å². The summed E-state index contributed by atoms with van der Waals surface area (Å²) in [6.07, 6.45) is 5.27. The van der Waals surface area contributed by atoms with Gasteiger partial charge in [0.1, 0.15) is 12.4 Å². The van der Waals surface area contributed by atoms with Gasteiger partial charge in [-0.05, 0) is 18.8 Å². The molecule has 0 amide bonds. The van der Waals surface area contributed by atoms with E-state index in [4.69, 9.17) is 10.5 Å². The van der Waals surface area contributed by atoms with Crippen LogP contribution in [0.3, 0.4) is 0 Å². The fraction of sp³-hybridized carbons (Fsp3) is 0.562. The second-order valence-electron chi connectivity index (χ2n) is 5.55. The molecule has 0 aromatic heterocycles. The molecule has 110 valence electrons. The van der Waals surface area contributed by atoms with Crippen LogP contribution in [0, 0.1) is 5.92 Å². The number of hydrogen-bond donors (Lipinski definition) is 2. The van der Waals surface area contributed by atoms with Gasteiger partial charge in [0.2, 0.25) is 0 Å². The van der Waals surface area contributed by atoms with Crippen LogP contribution >= 0.6 is 0 Å². The largest absolute Gasteiger partial charge is 0.388 e. The SMILES string of the molecule is CO[C@@](N)(c1ccccc1C=O)[C@@H](O)C1CCCCC1. The predicted molar refractivity (Wildman–Crippen MR) is 77.3 cm³/mol. The Balaban J connectivity index is 2.33. The van der Waals surface area contributed by atoms with Crippen molar-refractivity contribution >= 4 is 6.29 Å². The summed E-state index contributed by atoms with van der Waals surface area (Å²) in [5, 5.41) is 10.7. The fourth-order valence-corrected chi connectivity index (χ4v) is 3.15. The Kier molecular flexibility index (Phi) is 4.91. The van der Waals surface area contributed by atoms with Crippen molar-refractivity contribution in [1.82, 2.24) is 0 Å². The van der Waals surface area contributed by atoms with Crippen LogP contribution in [0.2, 0.25) is 0 Å². The number of aliphatic hydroxyl groups is 1. The molecule has 1 saturated carbocycles. The Morgan fingerprint density at radius 3 is 2.60 bits per heavy atom. The van der Waals surface area contributed by atoms with E-state index in [1.807, 2.05) is 0 Å². The molecule has 0 spiro atoms. The molecule has 2 atom stereocenters. The third-order valence-electron chi connectivity index (χ3n) is 4.38. The maximum Gasteiger partial charge on any atom is 0.169 e. The highest BCUT2D eigenvalue weighted by Gasteiger charge is 2.42. The summed E-state index contributed by atoms with van der Waals surface area (Å²) in [6.45, 7) is 0. The molecule has 4 heteroatoms. The van der Waals surface area contributed by atoms with Gasteiger partial charge in [-0.2, -0.15) is 0 Å². The van der Waals surface area contributed by atoms with Crippen molar-refractivity contribution < 1.29 is 14.6 Å². The molecule has 0 saturated heterocycles. The van der Waals surface area contributed by atoms with E-state index in [9.17, 15) is 9.90 Å². The van der Waals surface area contributed by atoms with Crippen molar-refractivity contribution in [2.24, 2.45) is 11.7 Å². The maximum absolute atomic E-state index is 11.2. The molecule has 20 heavy (non-hydrogen) atoms. The molecule has 3 N–H and O–H groups in total. The number of nitrogens with two attached hydrogens (primary N) is 1. The minimum absolute atomic E-state index is 0.119. The van der Waals surface area contributed by atoms with Gasteiger partial charge in [-0.15, -0.1) is 0 Å². The number of methoxy groups -OCH3 is 1. The fourth-order valence-electron chi connectivity index (χ4n) is 3.15. The van der Waals surface area contributed by atoms with Gasteiger partial charge < -0.3 is 9.84 Å². The summed E-state index contributed by atoms with van der Waals surface area (Å²) in [4.78, 5) is 11.2. The van der Waals surface area contributed by atoms with Crippen LogP contribution in [0.1, 0.15) is 48.0 Å². The number of carbonyl (C=O) groups is 1. The molecular formula is C16H23NO3. The quantitative estimate of drug-likeness (QED) is 0.639. The molecule has 0 radical (unpaired) electrons. The number of ether oxygens (including phenoxy) is 1. The van der Waals surface area contributed by atoms with Crippen molar-refractivity contribution in [3.05, 3.63) is 35.4 Å². The Morgan fingerprint density at radius 1 is 1.35 bits per heavy atom. The lowest BCUT2D eigenvalue weighted by atomic mass is 9.78. The lowest BCUT2D eigenvalue weighted by Crippen LogP contribution is -2.53. The first-order valence-corrected chi connectivity index (χ1v) is 7.20. The van der Waals surface area contributed by atoms with Crippen LogP contribution in [0.15, 0.2) is 24.3 Å². The average molecular weight is 277 g/mol. The minimum Gasteiger partial charge on any atom is -0.388 e. The van der Waals surface area contributed by atoms with E-state index in [1.54, 1.807) is 24.3 Å². The molecule has 1 aliphatic rings. The first-order valence-electron chi connectivity index (χ1n) is 7.20. The predicted octanol–water partition coefficient (Wildman–Crippen LogP) is 2.20. The highest BCUT2D eigenvalue weighted by molar-refractivity contribution is 5.77. The second-order valence-corrected chi connectivity index (χ2v) is 5.55. The molecule has 0 heterocycles. The molecule has 2 rings (SSSR count). The van der Waals surface area contributed by atoms with Gasteiger partial charge in [0.05, 0.1) is 0 Å². The number of aliphatic hydroxyl groups excluding tert-OH is 1. The molecule has 1 aromatic rings. The van der Waals surface area contributed by atoms with E-state index >= 15 is 0 Å². The van der Waals surface area contributed by atoms with Gasteiger partial charge in [-0.25, -0.2) is 0 Å². The zero-order chi connectivity index (χ0) is 14.6. The van der Waals surface area contributed by atoms with Crippen LogP contribution in [0.4, 0.5) is 0 Å². The number of benzene rings is 1. The number of rotatable bonds is 5. The highest BCUT2D eigenvalue weighted by Crippen LogP contribution is 2.36. The van der Waals surface area contributed by atoms with Crippen LogP contribution in [0.25, 0.3) is 0 Å². The monoisotopic (exact) mass is 277 g/mol. The van der Waals surface area contributed by atoms with Gasteiger partial charge in [0, 0.05) is 18.2 Å². The molecule has 1 aromatic carbocycles. The van der Waals surface area contributed by atoms with Crippen LogP contribution in [-0.2, 0) is 10.5 Å². The van der Waals surface area contributed by atoms with Crippen molar-refractivity contribution in [3.8, 4) is 0 Å². The van der Waals surface area contributed by atoms with E-state index in [0.717, 1.165) is 32.0 Å². The summed E-state index contributed by atoms with van der Waals surface area (Å²) < 4.78 is 5.45. The van der Waals surface area contributed by atoms with Crippen molar-refractivity contribution in [2.45, 2.75) is 43.9 Å². The minimum atomic E-state index is -1.33. The summed E-state index contributed by atoms with van der Waals surface area (Å²) in [6, 6.07) is 7.02. The van der Waals surface area contributed by atoms with Gasteiger partial charge in [-0.1, -0.05) is 43.5 Å². The second kappa shape index (κ2) is 6.48. The van der Waals surface area contributed by atoms with Crippen molar-refractivity contribution in [2.75, 3.05) is 7.11 Å². The highest BCUT2D eigenvalue weighted by atomic mass is 16.5. The Hall–Kier alpha value is -1.23. The lowest BCUT2D eigenvalue weighted by Gasteiger charge is -2.39. The molecule has 1 fully saturated rings. The van der Waals surface area contributed by atoms with E-state index in [1.165, 1.54) is 13.5 Å². The van der Waals surface area contributed by atoms with Gasteiger partial charge in [0.25, 0.3) is 0 Å². The molecule has 0 bridgehead atoms. The first kappa shape index (κ1) is 15.2. The van der Waals surface area contributed by atoms with Crippen LogP contribution in [0.5, 0.6) is 0 Å². The van der Waals surface area contributed by atoms with Crippen molar-refractivity contribution in [1.29, 1.82) is 0 Å². The van der Waals surface area contributed by atoms with Crippen LogP contribution in [-0.4, -0.2) is 24.6 Å². The number of hydrogen-bond acceptors (Lipinski definition) is 4. The standard InChI is InChI=1S/C16H23NO3/c1-20-16(17,14-10-6-5-9-13(14)11-18)15(19)12-7-3-2-4-8-12/h5-6,9-12,15,19H,2-4,7-8,17H2,1H3/t15-,16-/m0/s1. The van der Waals surface area contributed by atoms with E-state index in [0.29, 0.717) is 11.1 Å². The molecule has 0 unspecified atom stereocenters. The van der Waals surface area contributed by atoms with E-state index in [2.05, 4.69) is 0 Å². The Bertz CT molecular complexity index is 457.